The maximum absolute atomic E-state index is 12.6. The number of ether oxygens (including phenoxy) is 1. The number of rotatable bonds is 7. The Labute approximate surface area is 172 Å². The van der Waals surface area contributed by atoms with Crippen molar-refractivity contribution in [2.75, 3.05) is 37.0 Å². The zero-order chi connectivity index (χ0) is 19.9. The summed E-state index contributed by atoms with van der Waals surface area (Å²) in [5.74, 6) is 0.634. The second-order valence-corrected chi connectivity index (χ2v) is 7.51. The van der Waals surface area contributed by atoms with Crippen LogP contribution in [-0.2, 0) is 6.54 Å². The minimum absolute atomic E-state index is 0.172. The predicted molar refractivity (Wildman–Crippen MR) is 116 cm³/mol. The third-order valence-electron chi connectivity index (χ3n) is 4.84. The fraction of sp³-hybridized carbons (Fsp3) is 0.409. The second-order valence-electron chi connectivity index (χ2n) is 7.10. The number of urea groups is 1. The average Bonchev–Trinajstić information content (AvgIpc) is 3.22. The summed E-state index contributed by atoms with van der Waals surface area (Å²) < 4.78 is 5.57. The third kappa shape index (κ3) is 5.10. The smallest absolute Gasteiger partial charge is 0.321 e. The molecular weight excluding hydrogens is 374 g/mol. The molecule has 3 rings (SSSR count). The molecule has 6 heteroatoms. The molecule has 1 aliphatic heterocycles. The summed E-state index contributed by atoms with van der Waals surface area (Å²) in [5, 5.41) is 3.40. The van der Waals surface area contributed by atoms with Crippen LogP contribution in [0.1, 0.15) is 31.7 Å². The molecule has 0 aromatic heterocycles. The molecule has 28 heavy (non-hydrogen) atoms. The Morgan fingerprint density at radius 1 is 1.21 bits per heavy atom. The lowest BCUT2D eigenvalue weighted by atomic mass is 10.1. The lowest BCUT2D eigenvalue weighted by molar-refractivity contribution is 0.220. The largest absolute Gasteiger partial charge is 0.492 e. The minimum Gasteiger partial charge on any atom is -0.492 e. The highest BCUT2D eigenvalue weighted by atomic mass is 35.5. The van der Waals surface area contributed by atoms with Gasteiger partial charge in [0.1, 0.15) is 5.75 Å². The number of amides is 2. The van der Waals surface area contributed by atoms with E-state index in [2.05, 4.69) is 28.4 Å². The van der Waals surface area contributed by atoms with Gasteiger partial charge in [-0.3, -0.25) is 0 Å². The third-order valence-corrected chi connectivity index (χ3v) is 5.13. The average molecular weight is 402 g/mol. The summed E-state index contributed by atoms with van der Waals surface area (Å²) in [5.41, 5.74) is 3.03. The number of para-hydroxylation sites is 1. The number of benzene rings is 2. The highest BCUT2D eigenvalue weighted by molar-refractivity contribution is 6.32. The first-order valence-corrected chi connectivity index (χ1v) is 10.2. The first-order chi connectivity index (χ1) is 13.6. The molecule has 0 aliphatic carbocycles. The SMILES string of the molecule is CCCOc1ccc(NC(=O)N(C)Cc2ccccc2N2CCCC2)cc1Cl. The van der Waals surface area contributed by atoms with Gasteiger partial charge in [-0.1, -0.05) is 36.7 Å². The van der Waals surface area contributed by atoms with Gasteiger partial charge in [0.15, 0.2) is 0 Å². The molecule has 0 saturated carbocycles. The monoisotopic (exact) mass is 401 g/mol. The summed E-state index contributed by atoms with van der Waals surface area (Å²) in [4.78, 5) is 16.7. The van der Waals surface area contributed by atoms with Crippen LogP contribution in [0.15, 0.2) is 42.5 Å². The van der Waals surface area contributed by atoms with Crippen molar-refractivity contribution in [3.05, 3.63) is 53.1 Å². The molecule has 0 bridgehead atoms. The van der Waals surface area contributed by atoms with E-state index >= 15 is 0 Å². The van der Waals surface area contributed by atoms with Crippen molar-refractivity contribution in [1.82, 2.24) is 4.90 Å². The Morgan fingerprint density at radius 2 is 1.96 bits per heavy atom. The van der Waals surface area contributed by atoms with Crippen LogP contribution in [-0.4, -0.2) is 37.7 Å². The van der Waals surface area contributed by atoms with Crippen LogP contribution in [0.3, 0.4) is 0 Å². The van der Waals surface area contributed by atoms with E-state index in [4.69, 9.17) is 16.3 Å². The molecule has 1 fully saturated rings. The molecule has 150 valence electrons. The minimum atomic E-state index is -0.172. The van der Waals surface area contributed by atoms with Gasteiger partial charge in [0.25, 0.3) is 0 Å². The van der Waals surface area contributed by atoms with Crippen molar-refractivity contribution in [2.24, 2.45) is 0 Å². The van der Waals surface area contributed by atoms with Crippen LogP contribution in [0.4, 0.5) is 16.2 Å². The van der Waals surface area contributed by atoms with Gasteiger partial charge in [-0.05, 0) is 49.1 Å². The van der Waals surface area contributed by atoms with Gasteiger partial charge >= 0.3 is 6.03 Å². The number of nitrogens with zero attached hydrogens (tertiary/aromatic N) is 2. The zero-order valence-corrected chi connectivity index (χ0v) is 17.3. The van der Waals surface area contributed by atoms with Crippen LogP contribution in [0, 0.1) is 0 Å². The van der Waals surface area contributed by atoms with E-state index in [-0.39, 0.29) is 6.03 Å². The zero-order valence-electron chi connectivity index (χ0n) is 16.6. The predicted octanol–water partition coefficient (Wildman–Crippen LogP) is 5.39. The Bertz CT molecular complexity index is 806. The highest BCUT2D eigenvalue weighted by Gasteiger charge is 2.18. The fourth-order valence-corrected chi connectivity index (χ4v) is 3.60. The summed E-state index contributed by atoms with van der Waals surface area (Å²) >= 11 is 6.26. The maximum atomic E-state index is 12.6. The van der Waals surface area contributed by atoms with Gasteiger partial charge in [0, 0.05) is 38.1 Å². The number of hydrogen-bond donors (Lipinski definition) is 1. The van der Waals surface area contributed by atoms with E-state index in [0.717, 1.165) is 25.1 Å². The van der Waals surface area contributed by atoms with E-state index in [0.29, 0.717) is 29.6 Å². The van der Waals surface area contributed by atoms with Crippen LogP contribution < -0.4 is 15.0 Å². The van der Waals surface area contributed by atoms with E-state index < -0.39 is 0 Å². The number of hydrogen-bond acceptors (Lipinski definition) is 3. The van der Waals surface area contributed by atoms with Gasteiger partial charge in [0.05, 0.1) is 11.6 Å². The quantitative estimate of drug-likeness (QED) is 0.676. The highest BCUT2D eigenvalue weighted by Crippen LogP contribution is 2.28. The molecule has 1 saturated heterocycles. The summed E-state index contributed by atoms with van der Waals surface area (Å²) in [6.07, 6.45) is 3.37. The van der Waals surface area contributed by atoms with Gasteiger partial charge < -0.3 is 19.9 Å². The molecule has 0 atom stereocenters. The van der Waals surface area contributed by atoms with Crippen molar-refractivity contribution < 1.29 is 9.53 Å². The molecule has 0 unspecified atom stereocenters. The Hall–Kier alpha value is -2.40. The van der Waals surface area contributed by atoms with Gasteiger partial charge in [-0.25, -0.2) is 4.79 Å². The number of halogens is 1. The Balaban J connectivity index is 1.63. The van der Waals surface area contributed by atoms with Crippen LogP contribution in [0.2, 0.25) is 5.02 Å². The summed E-state index contributed by atoms with van der Waals surface area (Å²) in [7, 11) is 1.80. The molecule has 0 radical (unpaired) electrons. The summed E-state index contributed by atoms with van der Waals surface area (Å²) in [6.45, 7) is 5.37. The second kappa shape index (κ2) is 9.69. The molecule has 2 aromatic carbocycles. The topological polar surface area (TPSA) is 44.8 Å². The molecule has 1 heterocycles. The molecule has 2 amide bonds. The number of carbonyl (C=O) groups is 1. The van der Waals surface area contributed by atoms with E-state index in [9.17, 15) is 4.79 Å². The number of nitrogens with one attached hydrogen (secondary N) is 1. The van der Waals surface area contributed by atoms with Crippen molar-refractivity contribution in [1.29, 1.82) is 0 Å². The van der Waals surface area contributed by atoms with Gasteiger partial charge in [0.2, 0.25) is 0 Å². The number of carbonyl (C=O) groups excluding carboxylic acids is 1. The van der Waals surface area contributed by atoms with Crippen LogP contribution in [0.25, 0.3) is 0 Å². The normalized spacial score (nSPS) is 13.5. The molecule has 1 N–H and O–H groups in total. The van der Waals surface area contributed by atoms with E-state index in [1.165, 1.54) is 18.5 Å². The maximum Gasteiger partial charge on any atom is 0.321 e. The van der Waals surface area contributed by atoms with Gasteiger partial charge in [-0.2, -0.15) is 0 Å². The molecule has 5 nitrogen and oxygen atoms in total. The van der Waals surface area contributed by atoms with Crippen LogP contribution in [0.5, 0.6) is 5.75 Å². The first kappa shape index (κ1) is 20.3. The first-order valence-electron chi connectivity index (χ1n) is 9.86. The Morgan fingerprint density at radius 3 is 2.68 bits per heavy atom. The summed E-state index contributed by atoms with van der Waals surface area (Å²) in [6, 6.07) is 13.5. The standard InChI is InChI=1S/C22H28ClN3O2/c1-3-14-28-21-11-10-18(15-19(21)23)24-22(27)25(2)16-17-8-4-5-9-20(17)26-12-6-7-13-26/h4-5,8-11,15H,3,6-7,12-14,16H2,1-2H3,(H,24,27). The Kier molecular flexibility index (Phi) is 7.04. The fourth-order valence-electron chi connectivity index (χ4n) is 3.36. The van der Waals surface area contributed by atoms with Crippen LogP contribution >= 0.6 is 11.6 Å². The lowest BCUT2D eigenvalue weighted by Crippen LogP contribution is -2.31. The van der Waals surface area contributed by atoms with Crippen molar-refractivity contribution in [3.63, 3.8) is 0 Å². The molecule has 2 aromatic rings. The van der Waals surface area contributed by atoms with E-state index in [1.807, 2.05) is 13.0 Å². The lowest BCUT2D eigenvalue weighted by Gasteiger charge is -2.24. The molecule has 0 spiro atoms. The van der Waals surface area contributed by atoms with Gasteiger partial charge in [-0.15, -0.1) is 0 Å². The van der Waals surface area contributed by atoms with Crippen molar-refractivity contribution in [3.8, 4) is 5.75 Å². The van der Waals surface area contributed by atoms with Crippen molar-refractivity contribution in [2.45, 2.75) is 32.7 Å². The molecular formula is C22H28ClN3O2. The number of anilines is 2. The molecule has 1 aliphatic rings. The van der Waals surface area contributed by atoms with E-state index in [1.54, 1.807) is 30.1 Å². The van der Waals surface area contributed by atoms with Crippen molar-refractivity contribution >= 4 is 29.0 Å².